The fraction of sp³-hybridized carbons (Fsp3) is 0.188. The molecule has 2 N–H and O–H groups in total. The van der Waals surface area contributed by atoms with Gasteiger partial charge in [0.25, 0.3) is 0 Å². The van der Waals surface area contributed by atoms with Crippen molar-refractivity contribution in [2.75, 3.05) is 11.9 Å². The van der Waals surface area contributed by atoms with E-state index in [1.54, 1.807) is 36.5 Å². The summed E-state index contributed by atoms with van der Waals surface area (Å²) < 4.78 is 66.1. The summed E-state index contributed by atoms with van der Waals surface area (Å²) in [4.78, 5) is 11.7. The molecule has 0 spiro atoms. The Morgan fingerprint density at radius 1 is 0.960 bits per heavy atom. The predicted octanol–water partition coefficient (Wildman–Crippen LogP) is 4.32. The van der Waals surface area contributed by atoms with Crippen LogP contribution in [0.1, 0.15) is 18.5 Å². The van der Waals surface area contributed by atoms with Crippen LogP contribution >= 0.6 is 11.6 Å². The Morgan fingerprint density at radius 3 is 1.96 bits per heavy atom. The van der Waals surface area contributed by atoms with Crippen molar-refractivity contribution in [2.24, 2.45) is 0 Å². The van der Waals surface area contributed by atoms with Crippen molar-refractivity contribution in [3.63, 3.8) is 0 Å². The second kappa shape index (κ2) is 7.79. The standard InChI is InChI=1S/C16H12ClF5N2O/c1-7(8-2-4-9(17)5-3-8)23-6-10(25)24-16-14(21)12(19)11(18)13(20)15(16)22/h2-5,7,23H,6H2,1H3,(H,24,25)/t7-/m1/s1. The molecule has 3 nitrogen and oxygen atoms in total. The zero-order chi connectivity index (χ0) is 18.7. The van der Waals surface area contributed by atoms with Crippen molar-refractivity contribution in [1.82, 2.24) is 5.32 Å². The third kappa shape index (κ3) is 4.26. The Bertz CT molecular complexity index is 769. The minimum Gasteiger partial charge on any atom is -0.320 e. The molecule has 0 saturated carbocycles. The average Bonchev–Trinajstić information content (AvgIpc) is 2.60. The zero-order valence-corrected chi connectivity index (χ0v) is 13.5. The van der Waals surface area contributed by atoms with Gasteiger partial charge in [-0.3, -0.25) is 4.79 Å². The van der Waals surface area contributed by atoms with Crippen molar-refractivity contribution in [2.45, 2.75) is 13.0 Å². The van der Waals surface area contributed by atoms with Crippen LogP contribution in [-0.4, -0.2) is 12.5 Å². The molecule has 0 radical (unpaired) electrons. The van der Waals surface area contributed by atoms with Crippen LogP contribution in [0.25, 0.3) is 0 Å². The molecule has 0 aromatic heterocycles. The molecule has 0 aliphatic carbocycles. The van der Waals surface area contributed by atoms with Crippen LogP contribution < -0.4 is 10.6 Å². The fourth-order valence-electron chi connectivity index (χ4n) is 2.01. The molecule has 1 amide bonds. The molecule has 0 bridgehead atoms. The van der Waals surface area contributed by atoms with Crippen LogP contribution in [0, 0.1) is 29.1 Å². The third-order valence-corrected chi connectivity index (χ3v) is 3.67. The summed E-state index contributed by atoms with van der Waals surface area (Å²) in [7, 11) is 0. The highest BCUT2D eigenvalue weighted by molar-refractivity contribution is 6.30. The van der Waals surface area contributed by atoms with Gasteiger partial charge in [0.2, 0.25) is 11.7 Å². The van der Waals surface area contributed by atoms with Crippen LogP contribution in [0.15, 0.2) is 24.3 Å². The van der Waals surface area contributed by atoms with E-state index in [1.807, 2.05) is 0 Å². The number of nitrogens with one attached hydrogen (secondary N) is 2. The molecule has 2 aromatic rings. The molecule has 0 saturated heterocycles. The summed E-state index contributed by atoms with van der Waals surface area (Å²) in [5, 5.41) is 4.97. The van der Waals surface area contributed by atoms with Crippen LogP contribution in [0.3, 0.4) is 0 Å². The Morgan fingerprint density at radius 2 is 1.44 bits per heavy atom. The zero-order valence-electron chi connectivity index (χ0n) is 12.8. The van der Waals surface area contributed by atoms with Gasteiger partial charge in [-0.05, 0) is 24.6 Å². The molecule has 25 heavy (non-hydrogen) atoms. The van der Waals surface area contributed by atoms with E-state index < -0.39 is 47.2 Å². The SMILES string of the molecule is C[C@@H](NCC(=O)Nc1c(F)c(F)c(F)c(F)c1F)c1ccc(Cl)cc1. The summed E-state index contributed by atoms with van der Waals surface area (Å²) in [5.74, 6) is -11.7. The normalized spacial score (nSPS) is 12.1. The largest absolute Gasteiger partial charge is 0.320 e. The molecule has 1 atom stereocenters. The molecule has 0 aliphatic rings. The first-order valence-corrected chi connectivity index (χ1v) is 7.40. The molecule has 0 aliphatic heterocycles. The van der Waals surface area contributed by atoms with E-state index >= 15 is 0 Å². The number of hydrogen-bond acceptors (Lipinski definition) is 2. The second-order valence-electron chi connectivity index (χ2n) is 5.15. The van der Waals surface area contributed by atoms with Crippen LogP contribution in [0.5, 0.6) is 0 Å². The summed E-state index contributed by atoms with van der Waals surface area (Å²) >= 11 is 5.76. The molecule has 0 heterocycles. The summed E-state index contributed by atoms with van der Waals surface area (Å²) in [6.07, 6.45) is 0. The maximum absolute atomic E-state index is 13.5. The van der Waals surface area contributed by atoms with Gasteiger partial charge < -0.3 is 10.6 Å². The van der Waals surface area contributed by atoms with Gasteiger partial charge in [0.15, 0.2) is 23.3 Å². The first-order valence-electron chi connectivity index (χ1n) is 7.02. The van der Waals surface area contributed by atoms with Crippen LogP contribution in [0.2, 0.25) is 5.02 Å². The molecular weight excluding hydrogens is 367 g/mol. The van der Waals surface area contributed by atoms with Crippen LogP contribution in [0.4, 0.5) is 27.6 Å². The lowest BCUT2D eigenvalue weighted by molar-refractivity contribution is -0.115. The maximum Gasteiger partial charge on any atom is 0.238 e. The monoisotopic (exact) mass is 378 g/mol. The summed E-state index contributed by atoms with van der Waals surface area (Å²) in [5.41, 5.74) is -0.601. The lowest BCUT2D eigenvalue weighted by Gasteiger charge is -2.15. The Labute approximate surface area is 144 Å². The van der Waals surface area contributed by atoms with E-state index in [2.05, 4.69) is 5.32 Å². The highest BCUT2D eigenvalue weighted by atomic mass is 35.5. The molecular formula is C16H12ClF5N2O. The van der Waals surface area contributed by atoms with E-state index in [-0.39, 0.29) is 6.04 Å². The fourth-order valence-corrected chi connectivity index (χ4v) is 2.14. The molecule has 134 valence electrons. The highest BCUT2D eigenvalue weighted by Gasteiger charge is 2.26. The van der Waals surface area contributed by atoms with Gasteiger partial charge in [-0.1, -0.05) is 23.7 Å². The summed E-state index contributed by atoms with van der Waals surface area (Å²) in [6, 6.07) is 6.39. The van der Waals surface area contributed by atoms with E-state index in [9.17, 15) is 26.7 Å². The van der Waals surface area contributed by atoms with E-state index in [0.717, 1.165) is 5.56 Å². The number of anilines is 1. The number of carbonyl (C=O) groups excluding carboxylic acids is 1. The van der Waals surface area contributed by atoms with Gasteiger partial charge in [0.05, 0.1) is 6.54 Å². The van der Waals surface area contributed by atoms with Crippen molar-refractivity contribution in [1.29, 1.82) is 0 Å². The smallest absolute Gasteiger partial charge is 0.238 e. The molecule has 9 heteroatoms. The Hall–Kier alpha value is -2.19. The number of amides is 1. The topological polar surface area (TPSA) is 41.1 Å². The second-order valence-corrected chi connectivity index (χ2v) is 5.58. The molecule has 2 aromatic carbocycles. The van der Waals surface area contributed by atoms with Gasteiger partial charge in [-0.15, -0.1) is 0 Å². The number of rotatable bonds is 5. The number of carbonyl (C=O) groups is 1. The van der Waals surface area contributed by atoms with Gasteiger partial charge in [-0.25, -0.2) is 22.0 Å². The average molecular weight is 379 g/mol. The maximum atomic E-state index is 13.5. The molecule has 0 fully saturated rings. The summed E-state index contributed by atoms with van der Waals surface area (Å²) in [6.45, 7) is 1.30. The van der Waals surface area contributed by atoms with Crippen molar-refractivity contribution in [3.05, 3.63) is 63.9 Å². The number of benzene rings is 2. The number of halogens is 6. The van der Waals surface area contributed by atoms with E-state index in [4.69, 9.17) is 11.6 Å². The van der Waals surface area contributed by atoms with Gasteiger partial charge in [0, 0.05) is 11.1 Å². The van der Waals surface area contributed by atoms with E-state index in [1.165, 1.54) is 0 Å². The van der Waals surface area contributed by atoms with Crippen molar-refractivity contribution in [3.8, 4) is 0 Å². The highest BCUT2D eigenvalue weighted by Crippen LogP contribution is 2.27. The quantitative estimate of drug-likeness (QED) is 0.462. The van der Waals surface area contributed by atoms with Crippen LogP contribution in [-0.2, 0) is 4.79 Å². The predicted molar refractivity (Wildman–Crippen MR) is 82.7 cm³/mol. The lowest BCUT2D eigenvalue weighted by atomic mass is 10.1. The minimum absolute atomic E-state index is 0.320. The van der Waals surface area contributed by atoms with E-state index in [0.29, 0.717) is 5.02 Å². The number of hydrogen-bond donors (Lipinski definition) is 2. The van der Waals surface area contributed by atoms with Gasteiger partial charge in [0.1, 0.15) is 5.69 Å². The lowest BCUT2D eigenvalue weighted by Crippen LogP contribution is -2.31. The van der Waals surface area contributed by atoms with Gasteiger partial charge >= 0.3 is 0 Å². The Kier molecular flexibility index (Phi) is 5.97. The minimum atomic E-state index is -2.29. The molecule has 2 rings (SSSR count). The molecule has 0 unspecified atom stereocenters. The van der Waals surface area contributed by atoms with Gasteiger partial charge in [-0.2, -0.15) is 0 Å². The first-order chi connectivity index (χ1) is 11.7. The van der Waals surface area contributed by atoms with Crippen molar-refractivity contribution >= 4 is 23.2 Å². The van der Waals surface area contributed by atoms with Crippen molar-refractivity contribution < 1.29 is 26.7 Å². The Balaban J connectivity index is 2.05. The first kappa shape index (κ1) is 19.1. The third-order valence-electron chi connectivity index (χ3n) is 3.41.